The third kappa shape index (κ3) is 2.92. The SMILES string of the molecule is Cc1sc2nc(SCc3nnc(-c4cccs4)o3)n(C)c(=O)c2c1C. The monoisotopic (exact) mass is 390 g/mol. The Balaban J connectivity index is 1.61. The van der Waals surface area contributed by atoms with E-state index in [-0.39, 0.29) is 5.56 Å². The number of fused-ring (bicyclic) bond motifs is 1. The molecule has 25 heavy (non-hydrogen) atoms. The highest BCUT2D eigenvalue weighted by Gasteiger charge is 2.16. The molecule has 0 aromatic carbocycles. The van der Waals surface area contributed by atoms with Crippen LogP contribution in [0.3, 0.4) is 0 Å². The average Bonchev–Trinajstić information content (AvgIpc) is 3.31. The molecule has 9 heteroatoms. The second-order valence-electron chi connectivity index (χ2n) is 5.49. The fraction of sp³-hybridized carbons (Fsp3) is 0.250. The quantitative estimate of drug-likeness (QED) is 0.387. The van der Waals surface area contributed by atoms with Gasteiger partial charge in [-0.3, -0.25) is 9.36 Å². The van der Waals surface area contributed by atoms with Crippen LogP contribution >= 0.6 is 34.4 Å². The Morgan fingerprint density at radius 2 is 2.16 bits per heavy atom. The van der Waals surface area contributed by atoms with Crippen molar-refractivity contribution in [3.05, 3.63) is 44.2 Å². The van der Waals surface area contributed by atoms with E-state index in [1.165, 1.54) is 11.8 Å². The number of thiophene rings is 2. The first-order chi connectivity index (χ1) is 12.0. The van der Waals surface area contributed by atoms with Crippen molar-refractivity contribution >= 4 is 44.7 Å². The zero-order valence-corrected chi connectivity index (χ0v) is 16.2. The lowest BCUT2D eigenvalue weighted by molar-refractivity contribution is 0.529. The third-order valence-electron chi connectivity index (χ3n) is 3.89. The Bertz CT molecular complexity index is 1110. The molecule has 0 N–H and O–H groups in total. The summed E-state index contributed by atoms with van der Waals surface area (Å²) in [5.74, 6) is 1.50. The van der Waals surface area contributed by atoms with E-state index in [1.807, 2.05) is 31.4 Å². The number of rotatable bonds is 4. The second-order valence-corrected chi connectivity index (χ2v) is 8.58. The maximum atomic E-state index is 12.6. The van der Waals surface area contributed by atoms with Gasteiger partial charge in [-0.05, 0) is 30.9 Å². The molecule has 0 saturated heterocycles. The Morgan fingerprint density at radius 1 is 1.32 bits per heavy atom. The highest BCUT2D eigenvalue weighted by molar-refractivity contribution is 7.98. The molecule has 4 aromatic heterocycles. The highest BCUT2D eigenvalue weighted by Crippen LogP contribution is 2.29. The van der Waals surface area contributed by atoms with Gasteiger partial charge < -0.3 is 4.42 Å². The number of hydrogen-bond acceptors (Lipinski definition) is 8. The Morgan fingerprint density at radius 3 is 2.92 bits per heavy atom. The normalized spacial score (nSPS) is 11.5. The molecular weight excluding hydrogens is 376 g/mol. The highest BCUT2D eigenvalue weighted by atomic mass is 32.2. The van der Waals surface area contributed by atoms with Gasteiger partial charge in [0.15, 0.2) is 5.16 Å². The summed E-state index contributed by atoms with van der Waals surface area (Å²) in [7, 11) is 1.74. The molecule has 0 aliphatic carbocycles. The van der Waals surface area contributed by atoms with Crippen molar-refractivity contribution in [3.8, 4) is 10.8 Å². The van der Waals surface area contributed by atoms with Gasteiger partial charge in [0.1, 0.15) is 4.83 Å². The summed E-state index contributed by atoms with van der Waals surface area (Å²) < 4.78 is 7.27. The Hall–Kier alpha value is -1.97. The molecule has 0 saturated carbocycles. The smallest absolute Gasteiger partial charge is 0.262 e. The van der Waals surface area contributed by atoms with E-state index in [1.54, 1.807) is 34.3 Å². The molecule has 128 valence electrons. The van der Waals surface area contributed by atoms with E-state index in [9.17, 15) is 4.79 Å². The number of aromatic nitrogens is 4. The van der Waals surface area contributed by atoms with Gasteiger partial charge in [0, 0.05) is 11.9 Å². The molecule has 4 aromatic rings. The topological polar surface area (TPSA) is 73.8 Å². The van der Waals surface area contributed by atoms with Crippen molar-refractivity contribution in [3.63, 3.8) is 0 Å². The summed E-state index contributed by atoms with van der Waals surface area (Å²) in [6, 6.07) is 3.88. The fourth-order valence-corrected chi connectivity index (χ4v) is 4.95. The molecule has 0 aliphatic rings. The molecule has 0 unspecified atom stereocenters. The first-order valence-electron chi connectivity index (χ1n) is 7.50. The van der Waals surface area contributed by atoms with E-state index in [0.29, 0.717) is 28.1 Å². The molecular formula is C16H14N4O2S3. The van der Waals surface area contributed by atoms with E-state index in [4.69, 9.17) is 4.42 Å². The summed E-state index contributed by atoms with van der Waals surface area (Å²) in [5, 5.41) is 11.5. The summed E-state index contributed by atoms with van der Waals surface area (Å²) in [6.45, 7) is 3.98. The zero-order chi connectivity index (χ0) is 17.6. The number of thioether (sulfide) groups is 1. The summed E-state index contributed by atoms with van der Waals surface area (Å²) in [4.78, 5) is 20.1. The Kier molecular flexibility index (Phi) is 4.22. The summed E-state index contributed by atoms with van der Waals surface area (Å²) in [5.41, 5.74) is 1.00. The molecule has 0 spiro atoms. The maximum absolute atomic E-state index is 12.6. The maximum Gasteiger partial charge on any atom is 0.262 e. The lowest BCUT2D eigenvalue weighted by Gasteiger charge is -2.05. The van der Waals surface area contributed by atoms with Gasteiger partial charge in [0.05, 0.1) is 16.0 Å². The number of hydrogen-bond donors (Lipinski definition) is 0. The van der Waals surface area contributed by atoms with Crippen LogP contribution in [-0.2, 0) is 12.8 Å². The molecule has 6 nitrogen and oxygen atoms in total. The first-order valence-corrected chi connectivity index (χ1v) is 10.2. The van der Waals surface area contributed by atoms with Crippen LogP contribution in [0.4, 0.5) is 0 Å². The van der Waals surface area contributed by atoms with Crippen molar-refractivity contribution < 1.29 is 4.42 Å². The number of nitrogens with zero attached hydrogens (tertiary/aromatic N) is 4. The largest absolute Gasteiger partial charge is 0.419 e. The molecule has 0 amide bonds. The Labute approximate surface area is 155 Å². The van der Waals surface area contributed by atoms with E-state index < -0.39 is 0 Å². The van der Waals surface area contributed by atoms with Crippen LogP contribution in [-0.4, -0.2) is 19.7 Å². The predicted octanol–water partition coefficient (Wildman–Crippen LogP) is 4.02. The van der Waals surface area contributed by atoms with Crippen molar-refractivity contribution in [1.29, 1.82) is 0 Å². The zero-order valence-electron chi connectivity index (χ0n) is 13.8. The van der Waals surface area contributed by atoms with Crippen LogP contribution in [0.5, 0.6) is 0 Å². The van der Waals surface area contributed by atoms with Crippen LogP contribution < -0.4 is 5.56 Å². The van der Waals surface area contributed by atoms with E-state index in [2.05, 4.69) is 15.2 Å². The van der Waals surface area contributed by atoms with Gasteiger partial charge >= 0.3 is 0 Å². The predicted molar refractivity (Wildman–Crippen MR) is 102 cm³/mol. The van der Waals surface area contributed by atoms with Crippen molar-refractivity contribution in [1.82, 2.24) is 19.7 Å². The van der Waals surface area contributed by atoms with Gasteiger partial charge in [-0.2, -0.15) is 0 Å². The summed E-state index contributed by atoms with van der Waals surface area (Å²) in [6.07, 6.45) is 0. The lowest BCUT2D eigenvalue weighted by Crippen LogP contribution is -2.19. The minimum absolute atomic E-state index is 0.0147. The molecule has 0 fully saturated rings. The minimum atomic E-state index is -0.0147. The molecule has 0 aliphatic heterocycles. The van der Waals surface area contributed by atoms with Gasteiger partial charge in [-0.15, -0.1) is 32.9 Å². The van der Waals surface area contributed by atoms with Crippen molar-refractivity contribution in [2.75, 3.05) is 0 Å². The molecule has 0 atom stereocenters. The van der Waals surface area contributed by atoms with E-state index in [0.717, 1.165) is 20.1 Å². The molecule has 4 heterocycles. The van der Waals surface area contributed by atoms with Crippen molar-refractivity contribution in [2.24, 2.45) is 7.05 Å². The summed E-state index contributed by atoms with van der Waals surface area (Å²) >= 11 is 4.53. The second kappa shape index (κ2) is 6.40. The van der Waals surface area contributed by atoms with E-state index >= 15 is 0 Å². The fourth-order valence-electron chi connectivity index (χ4n) is 2.42. The third-order valence-corrected chi connectivity index (χ3v) is 6.87. The molecule has 0 radical (unpaired) electrons. The van der Waals surface area contributed by atoms with Crippen LogP contribution in [0.25, 0.3) is 21.0 Å². The van der Waals surface area contributed by atoms with Crippen LogP contribution in [0.2, 0.25) is 0 Å². The first kappa shape index (κ1) is 16.5. The van der Waals surface area contributed by atoms with Crippen molar-refractivity contribution in [2.45, 2.75) is 24.8 Å². The average molecular weight is 391 g/mol. The van der Waals surface area contributed by atoms with Gasteiger partial charge in [-0.1, -0.05) is 17.8 Å². The van der Waals surface area contributed by atoms with Gasteiger partial charge in [-0.25, -0.2) is 4.98 Å². The molecule has 0 bridgehead atoms. The van der Waals surface area contributed by atoms with Crippen LogP contribution in [0.1, 0.15) is 16.3 Å². The minimum Gasteiger partial charge on any atom is -0.419 e. The molecule has 4 rings (SSSR count). The van der Waals surface area contributed by atoms with Gasteiger partial charge in [0.2, 0.25) is 5.89 Å². The number of aryl methyl sites for hydroxylation is 2. The van der Waals surface area contributed by atoms with Gasteiger partial charge in [0.25, 0.3) is 11.4 Å². The standard InChI is InChI=1S/C16H14N4O2S3/c1-8-9(2)25-14-12(8)15(21)20(3)16(17-14)24-7-11-18-19-13(22-11)10-5-4-6-23-10/h4-6H,7H2,1-3H3. The van der Waals surface area contributed by atoms with Crippen LogP contribution in [0.15, 0.2) is 31.9 Å². The lowest BCUT2D eigenvalue weighted by atomic mass is 10.2. The van der Waals surface area contributed by atoms with Crippen LogP contribution in [0, 0.1) is 13.8 Å².